The largest absolute Gasteiger partial charge is 0.439 e. The molecule has 5 aromatic heterocycles. The summed E-state index contributed by atoms with van der Waals surface area (Å²) in [4.78, 5) is 10.5. The SMILES string of the molecule is c1ccc2c(c1)c1cc3c4ccccc4n4c5ccc6c(n5)c5cc(ccc5CCCC6)oc5cccc(n5)n2c1cc34. The maximum Gasteiger partial charge on any atom is 0.221 e. The maximum absolute atomic E-state index is 6.47. The molecular formula is C38H26N4O. The Morgan fingerprint density at radius 1 is 0.488 bits per heavy atom. The monoisotopic (exact) mass is 554 g/mol. The number of aromatic nitrogens is 4. The molecule has 0 atom stereocenters. The molecule has 1 aliphatic carbocycles. The fourth-order valence-corrected chi connectivity index (χ4v) is 7.36. The Kier molecular flexibility index (Phi) is 4.61. The molecule has 0 aliphatic heterocycles. The minimum absolute atomic E-state index is 0.571. The molecule has 0 spiro atoms. The van der Waals surface area contributed by atoms with Crippen LogP contribution in [0.2, 0.25) is 0 Å². The van der Waals surface area contributed by atoms with Crippen LogP contribution in [0.3, 0.4) is 0 Å². The second-order valence-electron chi connectivity index (χ2n) is 11.7. The molecule has 5 nitrogen and oxygen atoms in total. The van der Waals surface area contributed by atoms with Crippen LogP contribution in [0.25, 0.3) is 77.1 Å². The zero-order chi connectivity index (χ0) is 28.1. The van der Waals surface area contributed by atoms with Gasteiger partial charge in [0.2, 0.25) is 5.71 Å². The standard InChI is InChI=1S/C38H26N4O/c1-2-9-24-17-19-36-40-38(24)28-20-25(18-16-23(28)8-1)43-37-15-7-14-35(39-37)41-31-12-5-3-10-26(31)29-21-30-27-11-4-6-13-32(27)42(36)34(30)22-33(29)41/h3-7,10-22H,1-2,8-9H2. The summed E-state index contributed by atoms with van der Waals surface area (Å²) in [5.74, 6) is 0. The van der Waals surface area contributed by atoms with E-state index < -0.39 is 0 Å². The summed E-state index contributed by atoms with van der Waals surface area (Å²) in [6.07, 6.45) is 4.36. The van der Waals surface area contributed by atoms with E-state index in [-0.39, 0.29) is 0 Å². The van der Waals surface area contributed by atoms with Crippen LogP contribution in [0.4, 0.5) is 0 Å². The molecule has 5 heterocycles. The molecule has 204 valence electrons. The summed E-state index contributed by atoms with van der Waals surface area (Å²) in [7, 11) is 0. The lowest BCUT2D eigenvalue weighted by atomic mass is 9.95. The maximum atomic E-state index is 6.47. The molecule has 0 saturated heterocycles. The Morgan fingerprint density at radius 2 is 1.16 bits per heavy atom. The fraction of sp³-hybridized carbons (Fsp3) is 0.105. The third-order valence-corrected chi connectivity index (χ3v) is 9.30. The molecule has 4 aromatic carbocycles. The summed E-state index contributed by atoms with van der Waals surface area (Å²) in [5.41, 5.74) is 11.3. The number of benzene rings is 4. The molecule has 0 N–H and O–H groups in total. The van der Waals surface area contributed by atoms with Gasteiger partial charge in [0.1, 0.15) is 16.9 Å². The normalized spacial score (nSPS) is 13.7. The van der Waals surface area contributed by atoms with Crippen molar-refractivity contribution in [1.29, 1.82) is 0 Å². The highest BCUT2D eigenvalue weighted by molar-refractivity contribution is 6.18. The van der Waals surface area contributed by atoms with E-state index in [4.69, 9.17) is 14.4 Å². The molecule has 0 fully saturated rings. The van der Waals surface area contributed by atoms with Gasteiger partial charge in [-0.2, -0.15) is 4.98 Å². The molecular weight excluding hydrogens is 528 g/mol. The summed E-state index contributed by atoms with van der Waals surface area (Å²) in [5, 5.41) is 6.00. The average molecular weight is 555 g/mol. The second kappa shape index (κ2) is 8.55. The molecule has 0 radical (unpaired) electrons. The van der Waals surface area contributed by atoms with Crippen LogP contribution in [0.1, 0.15) is 24.0 Å². The third kappa shape index (κ3) is 3.27. The predicted molar refractivity (Wildman–Crippen MR) is 176 cm³/mol. The van der Waals surface area contributed by atoms with Crippen molar-refractivity contribution in [2.24, 2.45) is 0 Å². The molecule has 8 bridgehead atoms. The van der Waals surface area contributed by atoms with Crippen molar-refractivity contribution in [3.63, 3.8) is 0 Å². The van der Waals surface area contributed by atoms with Crippen molar-refractivity contribution in [2.45, 2.75) is 25.7 Å². The first-order valence-electron chi connectivity index (χ1n) is 15.1. The van der Waals surface area contributed by atoms with Gasteiger partial charge >= 0.3 is 0 Å². The van der Waals surface area contributed by atoms with Crippen LogP contribution in [0.15, 0.2) is 114 Å². The molecule has 1 aliphatic rings. The first-order chi connectivity index (χ1) is 21.3. The zero-order valence-electron chi connectivity index (χ0n) is 23.4. The van der Waals surface area contributed by atoms with Crippen molar-refractivity contribution in [1.82, 2.24) is 18.8 Å². The number of rotatable bonds is 0. The van der Waals surface area contributed by atoms with Crippen LogP contribution in [-0.4, -0.2) is 18.8 Å². The van der Waals surface area contributed by atoms with E-state index >= 15 is 0 Å². The zero-order valence-corrected chi connectivity index (χ0v) is 23.4. The van der Waals surface area contributed by atoms with E-state index in [2.05, 4.69) is 106 Å². The summed E-state index contributed by atoms with van der Waals surface area (Å²) in [6, 6.07) is 38.9. The van der Waals surface area contributed by atoms with Gasteiger partial charge in [-0.15, -0.1) is 0 Å². The van der Waals surface area contributed by atoms with Gasteiger partial charge < -0.3 is 4.42 Å². The Bertz CT molecular complexity index is 2690. The van der Waals surface area contributed by atoms with Crippen molar-refractivity contribution in [3.8, 4) is 0 Å². The Hall–Kier alpha value is -5.42. The highest BCUT2D eigenvalue weighted by Crippen LogP contribution is 2.37. The number of para-hydroxylation sites is 2. The van der Waals surface area contributed by atoms with E-state index in [1.54, 1.807) is 0 Å². The number of hydrogen-bond acceptors (Lipinski definition) is 3. The van der Waals surface area contributed by atoms with Crippen LogP contribution >= 0.6 is 0 Å². The van der Waals surface area contributed by atoms with Crippen LogP contribution < -0.4 is 0 Å². The smallest absolute Gasteiger partial charge is 0.221 e. The van der Waals surface area contributed by atoms with E-state index in [1.807, 2.05) is 12.1 Å². The van der Waals surface area contributed by atoms with E-state index in [9.17, 15) is 0 Å². The molecule has 0 unspecified atom stereocenters. The average Bonchev–Trinajstić information content (AvgIpc) is 3.53. The lowest BCUT2D eigenvalue weighted by molar-refractivity contribution is 0.641. The van der Waals surface area contributed by atoms with E-state index in [1.165, 1.54) is 32.7 Å². The van der Waals surface area contributed by atoms with Gasteiger partial charge in [0, 0.05) is 33.0 Å². The first-order valence-corrected chi connectivity index (χ1v) is 15.1. The quantitative estimate of drug-likeness (QED) is 0.188. The third-order valence-electron chi connectivity index (χ3n) is 9.30. The lowest BCUT2D eigenvalue weighted by Crippen LogP contribution is -1.99. The van der Waals surface area contributed by atoms with Gasteiger partial charge in [0.25, 0.3) is 0 Å². The van der Waals surface area contributed by atoms with E-state index in [0.717, 1.165) is 75.5 Å². The Balaban J connectivity index is 1.56. The highest BCUT2D eigenvalue weighted by atomic mass is 16.3. The number of nitrogens with zero attached hydrogens (tertiary/aromatic N) is 4. The number of pyridine rings is 2. The van der Waals surface area contributed by atoms with Crippen molar-refractivity contribution >= 4 is 77.1 Å². The molecule has 43 heavy (non-hydrogen) atoms. The minimum Gasteiger partial charge on any atom is -0.439 e. The van der Waals surface area contributed by atoms with Crippen LogP contribution in [0.5, 0.6) is 0 Å². The van der Waals surface area contributed by atoms with Gasteiger partial charge in [-0.3, -0.25) is 8.80 Å². The summed E-state index contributed by atoms with van der Waals surface area (Å²) >= 11 is 0. The molecule has 10 rings (SSSR count). The van der Waals surface area contributed by atoms with E-state index in [0.29, 0.717) is 5.71 Å². The second-order valence-corrected chi connectivity index (χ2v) is 11.7. The van der Waals surface area contributed by atoms with Gasteiger partial charge in [0.05, 0.1) is 27.6 Å². The molecule has 0 amide bonds. The number of hydrogen-bond donors (Lipinski definition) is 0. The van der Waals surface area contributed by atoms with Gasteiger partial charge in [0.15, 0.2) is 0 Å². The highest BCUT2D eigenvalue weighted by Gasteiger charge is 2.17. The van der Waals surface area contributed by atoms with Crippen LogP contribution in [0, 0.1) is 0 Å². The predicted octanol–water partition coefficient (Wildman–Crippen LogP) is 9.50. The van der Waals surface area contributed by atoms with Gasteiger partial charge in [-0.05, 0) is 85.3 Å². The number of fused-ring (bicyclic) bond motifs is 12. The fourth-order valence-electron chi connectivity index (χ4n) is 7.36. The minimum atomic E-state index is 0.571. The summed E-state index contributed by atoms with van der Waals surface area (Å²) in [6.45, 7) is 0. The van der Waals surface area contributed by atoms with Crippen LogP contribution in [-0.2, 0) is 12.8 Å². The number of aryl methyl sites for hydroxylation is 2. The Labute approximate surface area is 245 Å². The van der Waals surface area contributed by atoms with Gasteiger partial charge in [-0.1, -0.05) is 54.6 Å². The topological polar surface area (TPSA) is 47.7 Å². The molecule has 0 saturated carbocycles. The lowest BCUT2D eigenvalue weighted by Gasteiger charge is -2.13. The molecule has 5 heteroatoms. The van der Waals surface area contributed by atoms with Crippen molar-refractivity contribution < 1.29 is 4.42 Å². The van der Waals surface area contributed by atoms with Crippen molar-refractivity contribution in [2.75, 3.05) is 0 Å². The first kappa shape index (κ1) is 23.2. The van der Waals surface area contributed by atoms with Gasteiger partial charge in [-0.25, -0.2) is 4.98 Å². The van der Waals surface area contributed by atoms with Crippen molar-refractivity contribution in [3.05, 3.63) is 120 Å². The molecule has 9 aromatic rings. The Morgan fingerprint density at radius 3 is 1.93 bits per heavy atom. The summed E-state index contributed by atoms with van der Waals surface area (Å²) < 4.78 is 11.1.